The van der Waals surface area contributed by atoms with Crippen LogP contribution >= 0.6 is 11.8 Å². The van der Waals surface area contributed by atoms with Gasteiger partial charge in [-0.05, 0) is 38.5 Å². The number of nitrogens with zero attached hydrogens (tertiary/aromatic N) is 3. The smallest absolute Gasteiger partial charge is 0.341 e. The van der Waals surface area contributed by atoms with Gasteiger partial charge in [-0.1, -0.05) is 23.9 Å². The number of aromatic nitrogens is 3. The number of carboxylic acid groups (broad SMARTS) is 1. The molecular formula is C17H22N4O4S. The van der Waals surface area contributed by atoms with Crippen molar-refractivity contribution in [2.75, 3.05) is 12.4 Å². The van der Waals surface area contributed by atoms with Gasteiger partial charge in [0.05, 0.1) is 11.8 Å². The number of hydrogen-bond acceptors (Lipinski definition) is 6. The first kappa shape index (κ1) is 19.8. The van der Waals surface area contributed by atoms with Gasteiger partial charge in [-0.2, -0.15) is 0 Å². The second-order valence-electron chi connectivity index (χ2n) is 5.94. The van der Waals surface area contributed by atoms with Crippen molar-refractivity contribution in [1.82, 2.24) is 20.1 Å². The lowest BCUT2D eigenvalue weighted by molar-refractivity contribution is -0.139. The molecule has 0 bridgehead atoms. The Morgan fingerprint density at radius 1 is 1.27 bits per heavy atom. The molecule has 0 aliphatic heterocycles. The zero-order valence-corrected chi connectivity index (χ0v) is 15.7. The minimum Gasteiger partial charge on any atom is -0.482 e. The Labute approximate surface area is 156 Å². The third kappa shape index (κ3) is 5.76. The Balaban J connectivity index is 1.84. The van der Waals surface area contributed by atoms with E-state index < -0.39 is 5.97 Å². The molecule has 1 unspecified atom stereocenters. The van der Waals surface area contributed by atoms with Crippen LogP contribution in [0.1, 0.15) is 38.4 Å². The van der Waals surface area contributed by atoms with Gasteiger partial charge < -0.3 is 19.7 Å². The largest absolute Gasteiger partial charge is 0.482 e. The summed E-state index contributed by atoms with van der Waals surface area (Å²) in [4.78, 5) is 22.7. The van der Waals surface area contributed by atoms with Crippen molar-refractivity contribution in [3.63, 3.8) is 0 Å². The highest BCUT2D eigenvalue weighted by Crippen LogP contribution is 2.20. The normalized spacial score (nSPS) is 12.0. The number of ether oxygens (including phenoxy) is 1. The SMILES string of the molecule is CC(NC(=O)CSc1nncn1C(C)C)c1ccc(OCC(=O)O)cc1. The highest BCUT2D eigenvalue weighted by molar-refractivity contribution is 7.99. The van der Waals surface area contributed by atoms with E-state index in [9.17, 15) is 9.59 Å². The Hall–Kier alpha value is -2.55. The molecule has 2 aromatic rings. The minimum atomic E-state index is -1.03. The van der Waals surface area contributed by atoms with Crippen molar-refractivity contribution in [2.24, 2.45) is 0 Å². The third-order valence-corrected chi connectivity index (χ3v) is 4.51. The van der Waals surface area contributed by atoms with Gasteiger partial charge in [0, 0.05) is 6.04 Å². The predicted molar refractivity (Wildman–Crippen MR) is 97.3 cm³/mol. The number of hydrogen-bond donors (Lipinski definition) is 2. The fourth-order valence-electron chi connectivity index (χ4n) is 2.18. The Morgan fingerprint density at radius 3 is 2.58 bits per heavy atom. The van der Waals surface area contributed by atoms with Gasteiger partial charge in [0.2, 0.25) is 5.91 Å². The van der Waals surface area contributed by atoms with Crippen LogP contribution in [0.15, 0.2) is 35.7 Å². The van der Waals surface area contributed by atoms with Gasteiger partial charge in [-0.15, -0.1) is 10.2 Å². The second-order valence-corrected chi connectivity index (χ2v) is 6.89. The summed E-state index contributed by atoms with van der Waals surface area (Å²) in [6.45, 7) is 5.55. The van der Waals surface area contributed by atoms with Crippen LogP contribution in [0.2, 0.25) is 0 Å². The average Bonchev–Trinajstić information content (AvgIpc) is 3.07. The number of carbonyl (C=O) groups is 2. The zero-order chi connectivity index (χ0) is 19.1. The molecule has 0 radical (unpaired) electrons. The highest BCUT2D eigenvalue weighted by Gasteiger charge is 2.13. The molecule has 8 nitrogen and oxygen atoms in total. The molecule has 0 fully saturated rings. The molecule has 0 saturated heterocycles. The average molecular weight is 378 g/mol. The van der Waals surface area contributed by atoms with E-state index in [1.165, 1.54) is 11.8 Å². The Morgan fingerprint density at radius 2 is 1.96 bits per heavy atom. The van der Waals surface area contributed by atoms with E-state index in [4.69, 9.17) is 9.84 Å². The third-order valence-electron chi connectivity index (χ3n) is 3.55. The van der Waals surface area contributed by atoms with Crippen molar-refractivity contribution >= 4 is 23.6 Å². The topological polar surface area (TPSA) is 106 Å². The molecule has 26 heavy (non-hydrogen) atoms. The van der Waals surface area contributed by atoms with Gasteiger partial charge in [0.1, 0.15) is 12.1 Å². The summed E-state index contributed by atoms with van der Waals surface area (Å²) in [5.74, 6) is -0.416. The molecule has 1 aromatic carbocycles. The molecule has 2 rings (SSSR count). The summed E-state index contributed by atoms with van der Waals surface area (Å²) in [7, 11) is 0. The van der Waals surface area contributed by atoms with Crippen LogP contribution in [0.25, 0.3) is 0 Å². The lowest BCUT2D eigenvalue weighted by Crippen LogP contribution is -2.28. The number of benzene rings is 1. The van der Waals surface area contributed by atoms with E-state index >= 15 is 0 Å². The van der Waals surface area contributed by atoms with E-state index in [1.54, 1.807) is 30.6 Å². The maximum atomic E-state index is 12.2. The number of aliphatic carboxylic acids is 1. The number of thioether (sulfide) groups is 1. The van der Waals surface area contributed by atoms with Crippen LogP contribution in [0, 0.1) is 0 Å². The van der Waals surface area contributed by atoms with Gasteiger partial charge in [0.25, 0.3) is 0 Å². The number of nitrogens with one attached hydrogen (secondary N) is 1. The molecule has 9 heteroatoms. The van der Waals surface area contributed by atoms with Crippen molar-refractivity contribution in [1.29, 1.82) is 0 Å². The lowest BCUT2D eigenvalue weighted by atomic mass is 10.1. The first-order valence-electron chi connectivity index (χ1n) is 8.13. The predicted octanol–water partition coefficient (Wildman–Crippen LogP) is 2.29. The van der Waals surface area contributed by atoms with E-state index in [2.05, 4.69) is 15.5 Å². The highest BCUT2D eigenvalue weighted by atomic mass is 32.2. The van der Waals surface area contributed by atoms with Gasteiger partial charge in [0.15, 0.2) is 11.8 Å². The number of rotatable bonds is 9. The molecule has 0 saturated carbocycles. The molecule has 1 heterocycles. The molecule has 140 valence electrons. The monoisotopic (exact) mass is 378 g/mol. The summed E-state index contributed by atoms with van der Waals surface area (Å²) in [5, 5.41) is 20.1. The molecule has 2 N–H and O–H groups in total. The summed E-state index contributed by atoms with van der Waals surface area (Å²) >= 11 is 1.34. The fraction of sp³-hybridized carbons (Fsp3) is 0.412. The second kappa shape index (κ2) is 9.23. The van der Waals surface area contributed by atoms with Crippen molar-refractivity contribution in [3.05, 3.63) is 36.2 Å². The van der Waals surface area contributed by atoms with Gasteiger partial charge in [-0.25, -0.2) is 4.79 Å². The van der Waals surface area contributed by atoms with Crippen LogP contribution < -0.4 is 10.1 Å². The standard InChI is InChI=1S/C17H22N4O4S/c1-11(2)21-10-18-20-17(21)26-9-15(22)19-12(3)13-4-6-14(7-5-13)25-8-16(23)24/h4-7,10-12H,8-9H2,1-3H3,(H,19,22)(H,23,24). The zero-order valence-electron chi connectivity index (χ0n) is 14.9. The van der Waals surface area contributed by atoms with Crippen LogP contribution in [-0.2, 0) is 9.59 Å². The number of carboxylic acids is 1. The molecule has 0 aliphatic rings. The van der Waals surface area contributed by atoms with Crippen LogP contribution in [0.4, 0.5) is 0 Å². The van der Waals surface area contributed by atoms with E-state index in [-0.39, 0.29) is 30.4 Å². The molecule has 1 amide bonds. The molecule has 0 aliphatic carbocycles. The summed E-state index contributed by atoms with van der Waals surface area (Å²) in [5.41, 5.74) is 0.899. The van der Waals surface area contributed by atoms with E-state index in [0.29, 0.717) is 10.9 Å². The van der Waals surface area contributed by atoms with Crippen molar-refractivity contribution < 1.29 is 19.4 Å². The van der Waals surface area contributed by atoms with Crippen LogP contribution in [-0.4, -0.2) is 44.1 Å². The van der Waals surface area contributed by atoms with Crippen molar-refractivity contribution in [3.8, 4) is 5.75 Å². The molecular weight excluding hydrogens is 356 g/mol. The molecule has 0 spiro atoms. The van der Waals surface area contributed by atoms with E-state index in [1.807, 2.05) is 25.3 Å². The van der Waals surface area contributed by atoms with Crippen LogP contribution in [0.5, 0.6) is 5.75 Å². The molecule has 1 atom stereocenters. The van der Waals surface area contributed by atoms with Crippen LogP contribution in [0.3, 0.4) is 0 Å². The minimum absolute atomic E-state index is 0.105. The Bertz CT molecular complexity index is 745. The maximum absolute atomic E-state index is 12.2. The van der Waals surface area contributed by atoms with E-state index in [0.717, 1.165) is 5.56 Å². The van der Waals surface area contributed by atoms with Gasteiger partial charge in [-0.3, -0.25) is 4.79 Å². The summed E-state index contributed by atoms with van der Waals surface area (Å²) in [6, 6.07) is 7.01. The summed E-state index contributed by atoms with van der Waals surface area (Å²) < 4.78 is 7.00. The fourth-order valence-corrected chi connectivity index (χ4v) is 3.04. The maximum Gasteiger partial charge on any atom is 0.341 e. The number of carbonyl (C=O) groups excluding carboxylic acids is 1. The van der Waals surface area contributed by atoms with Crippen molar-refractivity contribution in [2.45, 2.75) is 38.0 Å². The first-order chi connectivity index (χ1) is 12.4. The first-order valence-corrected chi connectivity index (χ1v) is 9.11. The Kier molecular flexibility index (Phi) is 7.02. The van der Waals surface area contributed by atoms with Gasteiger partial charge >= 0.3 is 5.97 Å². The molecule has 1 aromatic heterocycles. The summed E-state index contributed by atoms with van der Waals surface area (Å²) in [6.07, 6.45) is 1.65. The quantitative estimate of drug-likeness (QED) is 0.645. The number of amides is 1. The lowest BCUT2D eigenvalue weighted by Gasteiger charge is -2.15.